The first-order valence-electron chi connectivity index (χ1n) is 22.2. The van der Waals surface area contributed by atoms with Crippen LogP contribution in [0, 0.1) is 5.92 Å². The molecule has 6 heteroatoms. The lowest BCUT2D eigenvalue weighted by atomic mass is 9.89. The van der Waals surface area contributed by atoms with E-state index in [0.717, 1.165) is 52.0 Å². The first-order valence-corrected chi connectivity index (χ1v) is 22.2. The number of hydrogen-bond donors (Lipinski definition) is 3. The number of carbonyl (C=O) groups is 1. The maximum absolute atomic E-state index is 13.7. The van der Waals surface area contributed by atoms with E-state index in [9.17, 15) is 4.79 Å². The average molecular weight is 714 g/mol. The molecule has 296 valence electrons. The standard InChI is InChI=1S/C45H83N3O3/c1-3-5-7-9-11-13-15-17-19-21-23-28-36-50-40-43(51-37-29-24-22-20-18-16-14-12-10-8-6-4-2)39-48-45(49)44(42-32-34-46-35-33-42)47-38-41-30-26-25-27-31-41/h25-27,30-31,42-44,46-47H,3-24,28-29,32-40H2,1-2H3,(H,48,49). The molecule has 3 N–H and O–H groups in total. The molecule has 6 nitrogen and oxygen atoms in total. The highest BCUT2D eigenvalue weighted by Crippen LogP contribution is 2.18. The van der Waals surface area contributed by atoms with Crippen LogP contribution < -0.4 is 16.0 Å². The molecule has 0 radical (unpaired) electrons. The van der Waals surface area contributed by atoms with Gasteiger partial charge < -0.3 is 25.4 Å². The monoisotopic (exact) mass is 714 g/mol. The lowest BCUT2D eigenvalue weighted by Gasteiger charge is -2.31. The van der Waals surface area contributed by atoms with Gasteiger partial charge in [0.1, 0.15) is 0 Å². The third-order valence-corrected chi connectivity index (χ3v) is 10.8. The minimum Gasteiger partial charge on any atom is -0.379 e. The van der Waals surface area contributed by atoms with Crippen molar-refractivity contribution in [2.45, 2.75) is 199 Å². The second-order valence-corrected chi connectivity index (χ2v) is 15.5. The molecular weight excluding hydrogens is 631 g/mol. The molecule has 2 rings (SSSR count). The molecule has 1 aromatic carbocycles. The molecule has 0 aliphatic carbocycles. The number of piperidine rings is 1. The van der Waals surface area contributed by atoms with E-state index >= 15 is 0 Å². The number of ether oxygens (including phenoxy) is 2. The molecule has 0 bridgehead atoms. The van der Waals surface area contributed by atoms with Gasteiger partial charge in [0, 0.05) is 26.3 Å². The molecule has 1 fully saturated rings. The number of benzene rings is 1. The van der Waals surface area contributed by atoms with Gasteiger partial charge in [-0.05, 0) is 50.3 Å². The summed E-state index contributed by atoms with van der Waals surface area (Å²) < 4.78 is 12.5. The van der Waals surface area contributed by atoms with Gasteiger partial charge in [-0.2, -0.15) is 0 Å². The Bertz CT molecular complexity index is 879. The molecule has 1 amide bonds. The second kappa shape index (κ2) is 34.3. The number of amides is 1. The van der Waals surface area contributed by atoms with Crippen molar-refractivity contribution in [3.8, 4) is 0 Å². The van der Waals surface area contributed by atoms with Crippen LogP contribution in [0.25, 0.3) is 0 Å². The van der Waals surface area contributed by atoms with Crippen LogP contribution in [-0.2, 0) is 20.8 Å². The smallest absolute Gasteiger partial charge is 0.237 e. The van der Waals surface area contributed by atoms with E-state index in [4.69, 9.17) is 9.47 Å². The van der Waals surface area contributed by atoms with E-state index in [1.165, 1.54) is 147 Å². The molecule has 0 spiro atoms. The van der Waals surface area contributed by atoms with Gasteiger partial charge in [0.15, 0.2) is 0 Å². The van der Waals surface area contributed by atoms with Gasteiger partial charge in [0.05, 0.1) is 18.8 Å². The predicted molar refractivity (Wildman–Crippen MR) is 218 cm³/mol. The van der Waals surface area contributed by atoms with Crippen LogP contribution in [0.2, 0.25) is 0 Å². The molecule has 0 aromatic heterocycles. The molecule has 1 aliphatic heterocycles. The fourth-order valence-electron chi connectivity index (χ4n) is 7.42. The van der Waals surface area contributed by atoms with E-state index in [0.29, 0.717) is 25.6 Å². The number of nitrogens with one attached hydrogen (secondary N) is 3. The van der Waals surface area contributed by atoms with Crippen LogP contribution in [0.1, 0.15) is 186 Å². The Balaban J connectivity index is 1.70. The Kier molecular flexibility index (Phi) is 30.7. The zero-order valence-electron chi connectivity index (χ0n) is 33.7. The highest BCUT2D eigenvalue weighted by Gasteiger charge is 2.29. The van der Waals surface area contributed by atoms with Crippen LogP contribution in [0.15, 0.2) is 30.3 Å². The summed E-state index contributed by atoms with van der Waals surface area (Å²) in [6.07, 6.45) is 34.1. The highest BCUT2D eigenvalue weighted by molar-refractivity contribution is 5.82. The van der Waals surface area contributed by atoms with E-state index in [2.05, 4.69) is 54.1 Å². The SMILES string of the molecule is CCCCCCCCCCCCCCOCC(CNC(=O)C(NCc1ccccc1)C1CCNCC1)OCCCCCCCCCCCCCC. The normalized spacial score (nSPS) is 14.9. The van der Waals surface area contributed by atoms with Crippen LogP contribution in [-0.4, -0.2) is 57.5 Å². The Morgan fingerprint density at radius 3 is 1.65 bits per heavy atom. The van der Waals surface area contributed by atoms with Gasteiger partial charge in [-0.3, -0.25) is 4.79 Å². The van der Waals surface area contributed by atoms with Crippen LogP contribution in [0.3, 0.4) is 0 Å². The second-order valence-electron chi connectivity index (χ2n) is 15.5. The number of unbranched alkanes of at least 4 members (excludes halogenated alkanes) is 22. The summed E-state index contributed by atoms with van der Waals surface area (Å²) in [4.78, 5) is 13.7. The minimum atomic E-state index is -0.203. The molecular formula is C45H83N3O3. The summed E-state index contributed by atoms with van der Waals surface area (Å²) >= 11 is 0. The Morgan fingerprint density at radius 2 is 1.14 bits per heavy atom. The summed E-state index contributed by atoms with van der Waals surface area (Å²) in [6.45, 7) is 9.79. The van der Waals surface area contributed by atoms with E-state index in [1.54, 1.807) is 0 Å². The van der Waals surface area contributed by atoms with Gasteiger partial charge in [-0.15, -0.1) is 0 Å². The third kappa shape index (κ3) is 26.0. The number of hydrogen-bond acceptors (Lipinski definition) is 5. The van der Waals surface area contributed by atoms with Crippen molar-refractivity contribution in [3.63, 3.8) is 0 Å². The Hall–Kier alpha value is -1.47. The van der Waals surface area contributed by atoms with Gasteiger partial charge in [-0.1, -0.05) is 185 Å². The van der Waals surface area contributed by atoms with Gasteiger partial charge in [0.2, 0.25) is 5.91 Å². The highest BCUT2D eigenvalue weighted by atomic mass is 16.5. The molecule has 1 aliphatic rings. The molecule has 51 heavy (non-hydrogen) atoms. The zero-order chi connectivity index (χ0) is 36.3. The summed E-state index contributed by atoms with van der Waals surface area (Å²) in [5.41, 5.74) is 1.21. The van der Waals surface area contributed by atoms with Crippen molar-refractivity contribution in [2.75, 3.05) is 39.5 Å². The molecule has 1 heterocycles. The third-order valence-electron chi connectivity index (χ3n) is 10.8. The van der Waals surface area contributed by atoms with Crippen molar-refractivity contribution >= 4 is 5.91 Å². The van der Waals surface area contributed by atoms with Crippen molar-refractivity contribution in [1.29, 1.82) is 0 Å². The first-order chi connectivity index (χ1) is 25.2. The van der Waals surface area contributed by atoms with E-state index in [1.807, 2.05) is 6.07 Å². The predicted octanol–water partition coefficient (Wildman–Crippen LogP) is 11.1. The summed E-state index contributed by atoms with van der Waals surface area (Å²) in [5, 5.41) is 10.4. The fourth-order valence-corrected chi connectivity index (χ4v) is 7.42. The Labute approximate surface area is 316 Å². The zero-order valence-corrected chi connectivity index (χ0v) is 33.7. The van der Waals surface area contributed by atoms with Crippen molar-refractivity contribution in [3.05, 3.63) is 35.9 Å². The quantitative estimate of drug-likeness (QED) is 0.0604. The van der Waals surface area contributed by atoms with Crippen LogP contribution in [0.5, 0.6) is 0 Å². The molecule has 2 atom stereocenters. The number of rotatable bonds is 36. The van der Waals surface area contributed by atoms with Crippen molar-refractivity contribution in [1.82, 2.24) is 16.0 Å². The molecule has 1 saturated heterocycles. The summed E-state index contributed by atoms with van der Waals surface area (Å²) in [5.74, 6) is 0.426. The molecule has 0 saturated carbocycles. The van der Waals surface area contributed by atoms with Gasteiger partial charge >= 0.3 is 0 Å². The molecule has 1 aromatic rings. The van der Waals surface area contributed by atoms with E-state index < -0.39 is 0 Å². The lowest BCUT2D eigenvalue weighted by Crippen LogP contribution is -2.52. The van der Waals surface area contributed by atoms with Gasteiger partial charge in [0.25, 0.3) is 0 Å². The minimum absolute atomic E-state index is 0.0951. The summed E-state index contributed by atoms with van der Waals surface area (Å²) in [7, 11) is 0. The lowest BCUT2D eigenvalue weighted by molar-refractivity contribution is -0.125. The fraction of sp³-hybridized carbons (Fsp3) is 0.844. The molecule has 2 unspecified atom stereocenters. The van der Waals surface area contributed by atoms with Gasteiger partial charge in [-0.25, -0.2) is 0 Å². The average Bonchev–Trinajstić information content (AvgIpc) is 3.16. The Morgan fingerprint density at radius 1 is 0.667 bits per heavy atom. The largest absolute Gasteiger partial charge is 0.379 e. The van der Waals surface area contributed by atoms with Crippen LogP contribution >= 0.6 is 0 Å². The maximum atomic E-state index is 13.7. The first kappa shape index (κ1) is 45.7. The van der Waals surface area contributed by atoms with Crippen LogP contribution in [0.4, 0.5) is 0 Å². The topological polar surface area (TPSA) is 71.6 Å². The van der Waals surface area contributed by atoms with Crippen molar-refractivity contribution in [2.24, 2.45) is 5.92 Å². The van der Waals surface area contributed by atoms with Crippen molar-refractivity contribution < 1.29 is 14.3 Å². The van der Waals surface area contributed by atoms with E-state index in [-0.39, 0.29) is 18.1 Å². The number of carbonyl (C=O) groups excluding carboxylic acids is 1. The summed E-state index contributed by atoms with van der Waals surface area (Å²) in [6, 6.07) is 10.2. The maximum Gasteiger partial charge on any atom is 0.237 e.